The van der Waals surface area contributed by atoms with Crippen LogP contribution in [0, 0.1) is 6.92 Å². The molecule has 1 heterocycles. The monoisotopic (exact) mass is 309 g/mol. The SMILES string of the molecule is Cc1[nH]nc(C(=O)O)c1S(=O)(=O)N[C@H](C)c1ccccc1. The molecule has 112 valence electrons. The Kier molecular flexibility index (Phi) is 4.10. The van der Waals surface area contributed by atoms with Crippen LogP contribution in [-0.4, -0.2) is 29.7 Å². The highest BCUT2D eigenvalue weighted by atomic mass is 32.2. The lowest BCUT2D eigenvalue weighted by Gasteiger charge is -2.14. The number of nitrogens with zero attached hydrogens (tertiary/aromatic N) is 1. The predicted octanol–water partition coefficient (Wildman–Crippen LogP) is 1.46. The molecule has 3 N–H and O–H groups in total. The number of aryl methyl sites for hydroxylation is 1. The quantitative estimate of drug-likeness (QED) is 0.774. The Balaban J connectivity index is 2.36. The van der Waals surface area contributed by atoms with Gasteiger partial charge in [0, 0.05) is 6.04 Å². The fourth-order valence-corrected chi connectivity index (χ4v) is 3.55. The van der Waals surface area contributed by atoms with E-state index in [-0.39, 0.29) is 10.6 Å². The van der Waals surface area contributed by atoms with E-state index >= 15 is 0 Å². The minimum atomic E-state index is -4.00. The number of aromatic amines is 1. The van der Waals surface area contributed by atoms with Gasteiger partial charge in [-0.25, -0.2) is 17.9 Å². The topological polar surface area (TPSA) is 112 Å². The molecular weight excluding hydrogens is 294 g/mol. The molecule has 0 unspecified atom stereocenters. The molecule has 1 atom stereocenters. The molecule has 0 saturated heterocycles. The van der Waals surface area contributed by atoms with Crippen molar-refractivity contribution in [2.24, 2.45) is 0 Å². The van der Waals surface area contributed by atoms with Crippen molar-refractivity contribution in [2.45, 2.75) is 24.8 Å². The average molecular weight is 309 g/mol. The second-order valence-corrected chi connectivity index (χ2v) is 6.24. The molecule has 7 nitrogen and oxygen atoms in total. The van der Waals surface area contributed by atoms with Crippen LogP contribution in [0.25, 0.3) is 0 Å². The van der Waals surface area contributed by atoms with Gasteiger partial charge >= 0.3 is 5.97 Å². The number of H-pyrrole nitrogens is 1. The third-order valence-electron chi connectivity index (χ3n) is 2.99. The smallest absolute Gasteiger partial charge is 0.357 e. The number of carbonyl (C=O) groups is 1. The van der Waals surface area contributed by atoms with Gasteiger partial charge in [0.1, 0.15) is 4.90 Å². The first-order valence-corrected chi connectivity index (χ1v) is 7.67. The summed E-state index contributed by atoms with van der Waals surface area (Å²) in [7, 11) is -4.00. The van der Waals surface area contributed by atoms with Gasteiger partial charge in [-0.3, -0.25) is 5.10 Å². The normalized spacial score (nSPS) is 13.0. The van der Waals surface area contributed by atoms with Crippen molar-refractivity contribution < 1.29 is 18.3 Å². The minimum Gasteiger partial charge on any atom is -0.476 e. The summed E-state index contributed by atoms with van der Waals surface area (Å²) >= 11 is 0. The number of hydrogen-bond donors (Lipinski definition) is 3. The molecule has 0 bridgehead atoms. The number of aromatic carboxylic acids is 1. The number of aromatic nitrogens is 2. The fourth-order valence-electron chi connectivity index (χ4n) is 1.99. The summed E-state index contributed by atoms with van der Waals surface area (Å²) in [5.41, 5.74) is 0.444. The van der Waals surface area contributed by atoms with Gasteiger partial charge in [-0.05, 0) is 19.4 Å². The third kappa shape index (κ3) is 3.11. The van der Waals surface area contributed by atoms with Crippen LogP contribution in [0.4, 0.5) is 0 Å². The summed E-state index contributed by atoms with van der Waals surface area (Å²) in [5, 5.41) is 14.9. The average Bonchev–Trinajstić information content (AvgIpc) is 2.82. The van der Waals surface area contributed by atoms with E-state index in [0.29, 0.717) is 0 Å². The van der Waals surface area contributed by atoms with E-state index in [0.717, 1.165) is 5.56 Å². The van der Waals surface area contributed by atoms with Gasteiger partial charge in [0.05, 0.1) is 5.69 Å². The van der Waals surface area contributed by atoms with Crippen molar-refractivity contribution in [3.63, 3.8) is 0 Å². The van der Waals surface area contributed by atoms with E-state index in [1.54, 1.807) is 31.2 Å². The Morgan fingerprint density at radius 1 is 1.33 bits per heavy atom. The summed E-state index contributed by atoms with van der Waals surface area (Å²) in [4.78, 5) is 10.7. The fraction of sp³-hybridized carbons (Fsp3) is 0.231. The van der Waals surface area contributed by atoms with Crippen molar-refractivity contribution in [3.05, 3.63) is 47.3 Å². The van der Waals surface area contributed by atoms with E-state index < -0.39 is 27.7 Å². The van der Waals surface area contributed by atoms with E-state index in [9.17, 15) is 13.2 Å². The molecule has 0 radical (unpaired) electrons. The molecule has 2 rings (SSSR count). The van der Waals surface area contributed by atoms with E-state index in [4.69, 9.17) is 5.11 Å². The van der Waals surface area contributed by atoms with Crippen LogP contribution in [0.1, 0.15) is 34.7 Å². The maximum atomic E-state index is 12.4. The molecule has 21 heavy (non-hydrogen) atoms. The number of nitrogens with one attached hydrogen (secondary N) is 2. The summed E-state index contributed by atoms with van der Waals surface area (Å²) < 4.78 is 27.2. The Hall–Kier alpha value is -2.19. The summed E-state index contributed by atoms with van der Waals surface area (Å²) in [6.45, 7) is 3.14. The van der Waals surface area contributed by atoms with Crippen LogP contribution in [0.3, 0.4) is 0 Å². The first-order valence-electron chi connectivity index (χ1n) is 6.18. The molecule has 0 fully saturated rings. The minimum absolute atomic E-state index is 0.181. The standard InChI is InChI=1S/C13H15N3O4S/c1-8(10-6-4-3-5-7-10)16-21(19,20)12-9(2)14-15-11(12)13(17)18/h3-8,16H,1-2H3,(H,14,15)(H,17,18)/t8-/m1/s1. The Labute approximate surface area is 122 Å². The Bertz CT molecular complexity index is 753. The molecule has 0 aliphatic heterocycles. The second kappa shape index (κ2) is 5.66. The molecule has 0 spiro atoms. The first kappa shape index (κ1) is 15.2. The van der Waals surface area contributed by atoms with E-state index in [1.165, 1.54) is 6.92 Å². The number of hydrogen-bond acceptors (Lipinski definition) is 4. The van der Waals surface area contributed by atoms with Gasteiger partial charge in [-0.15, -0.1) is 0 Å². The maximum Gasteiger partial charge on any atom is 0.357 e. The lowest BCUT2D eigenvalue weighted by atomic mass is 10.1. The summed E-state index contributed by atoms with van der Waals surface area (Å²) in [5.74, 6) is -1.40. The number of rotatable bonds is 5. The van der Waals surface area contributed by atoms with Gasteiger partial charge in [0.15, 0.2) is 5.69 Å². The lowest BCUT2D eigenvalue weighted by molar-refractivity contribution is 0.0686. The van der Waals surface area contributed by atoms with E-state index in [1.807, 2.05) is 6.07 Å². The van der Waals surface area contributed by atoms with Gasteiger partial charge in [-0.2, -0.15) is 5.10 Å². The number of benzene rings is 1. The second-order valence-electron chi connectivity index (χ2n) is 4.59. The molecule has 2 aromatic rings. The van der Waals surface area contributed by atoms with Crippen molar-refractivity contribution >= 4 is 16.0 Å². The third-order valence-corrected chi connectivity index (χ3v) is 4.69. The van der Waals surface area contributed by atoms with Crippen LogP contribution in [0.15, 0.2) is 35.2 Å². The number of carboxylic acid groups (broad SMARTS) is 1. The van der Waals surface area contributed by atoms with Crippen LogP contribution in [0.2, 0.25) is 0 Å². The molecule has 0 amide bonds. The number of carboxylic acids is 1. The van der Waals surface area contributed by atoms with Crippen LogP contribution < -0.4 is 4.72 Å². The van der Waals surface area contributed by atoms with Crippen LogP contribution in [0.5, 0.6) is 0 Å². The zero-order valence-electron chi connectivity index (χ0n) is 11.5. The summed E-state index contributed by atoms with van der Waals surface area (Å²) in [6, 6.07) is 8.50. The molecule has 1 aromatic heterocycles. The molecule has 0 aliphatic rings. The zero-order chi connectivity index (χ0) is 15.6. The van der Waals surface area contributed by atoms with Crippen molar-refractivity contribution in [2.75, 3.05) is 0 Å². The largest absolute Gasteiger partial charge is 0.476 e. The highest BCUT2D eigenvalue weighted by molar-refractivity contribution is 7.89. The van der Waals surface area contributed by atoms with E-state index in [2.05, 4.69) is 14.9 Å². The van der Waals surface area contributed by atoms with Crippen molar-refractivity contribution in [1.29, 1.82) is 0 Å². The van der Waals surface area contributed by atoms with Gasteiger partial charge in [0.2, 0.25) is 10.0 Å². The Morgan fingerprint density at radius 2 is 1.95 bits per heavy atom. The molecule has 1 aromatic carbocycles. The Morgan fingerprint density at radius 3 is 2.52 bits per heavy atom. The van der Waals surface area contributed by atoms with Gasteiger partial charge in [-0.1, -0.05) is 30.3 Å². The highest BCUT2D eigenvalue weighted by Crippen LogP contribution is 2.21. The maximum absolute atomic E-state index is 12.4. The predicted molar refractivity (Wildman–Crippen MR) is 75.5 cm³/mol. The van der Waals surface area contributed by atoms with Crippen molar-refractivity contribution in [3.8, 4) is 0 Å². The van der Waals surface area contributed by atoms with Crippen molar-refractivity contribution in [1.82, 2.24) is 14.9 Å². The van der Waals surface area contributed by atoms with Crippen LogP contribution >= 0.6 is 0 Å². The highest BCUT2D eigenvalue weighted by Gasteiger charge is 2.29. The van der Waals surface area contributed by atoms with Gasteiger partial charge in [0.25, 0.3) is 0 Å². The first-order chi connectivity index (χ1) is 9.83. The van der Waals surface area contributed by atoms with Crippen LogP contribution in [-0.2, 0) is 10.0 Å². The molecule has 0 aliphatic carbocycles. The molecular formula is C13H15N3O4S. The molecule has 0 saturated carbocycles. The lowest BCUT2D eigenvalue weighted by Crippen LogP contribution is -2.28. The zero-order valence-corrected chi connectivity index (χ0v) is 12.3. The number of sulfonamides is 1. The molecule has 8 heteroatoms. The van der Waals surface area contributed by atoms with Gasteiger partial charge < -0.3 is 5.11 Å². The summed E-state index contributed by atoms with van der Waals surface area (Å²) in [6.07, 6.45) is 0.